The van der Waals surface area contributed by atoms with E-state index >= 15 is 0 Å². The molecule has 22 heavy (non-hydrogen) atoms. The Morgan fingerprint density at radius 2 is 1.68 bits per heavy atom. The average molecular weight is 299 g/mol. The van der Waals surface area contributed by atoms with Crippen LogP contribution in [0.3, 0.4) is 0 Å². The van der Waals surface area contributed by atoms with Gasteiger partial charge in [0.15, 0.2) is 0 Å². The molecule has 1 aliphatic heterocycles. The van der Waals surface area contributed by atoms with E-state index in [0.29, 0.717) is 6.54 Å². The summed E-state index contributed by atoms with van der Waals surface area (Å²) < 4.78 is 12.3. The van der Waals surface area contributed by atoms with Crippen LogP contribution in [-0.4, -0.2) is 31.9 Å². The number of nitrogens with one attached hydrogen (secondary N) is 1. The van der Waals surface area contributed by atoms with E-state index in [0.717, 1.165) is 16.6 Å². The highest BCUT2D eigenvalue weighted by atomic mass is 16.7. The Bertz CT molecular complexity index is 562. The van der Waals surface area contributed by atoms with E-state index in [1.807, 2.05) is 25.3 Å². The number of hydrogen-bond donors (Lipinski definition) is 1. The third-order valence-electron chi connectivity index (χ3n) is 4.49. The van der Waals surface area contributed by atoms with Crippen LogP contribution in [0.5, 0.6) is 0 Å². The zero-order chi connectivity index (χ0) is 16.4. The molecular weight excluding hydrogens is 273 g/mol. The zero-order valence-corrected chi connectivity index (χ0v) is 14.3. The van der Waals surface area contributed by atoms with Gasteiger partial charge in [-0.1, -0.05) is 43.0 Å². The molecule has 0 radical (unpaired) electrons. The number of rotatable bonds is 5. The van der Waals surface area contributed by atoms with Crippen LogP contribution in [0.25, 0.3) is 12.2 Å². The van der Waals surface area contributed by atoms with Crippen molar-refractivity contribution < 1.29 is 9.31 Å². The fourth-order valence-electron chi connectivity index (χ4n) is 2.43. The molecule has 2 rings (SSSR count). The van der Waals surface area contributed by atoms with Crippen molar-refractivity contribution in [1.29, 1.82) is 0 Å². The molecule has 1 saturated heterocycles. The second kappa shape index (κ2) is 6.41. The Hall–Kier alpha value is -1.36. The molecule has 1 N–H and O–H groups in total. The maximum atomic E-state index is 6.17. The summed E-state index contributed by atoms with van der Waals surface area (Å²) in [5.74, 6) is 0. The van der Waals surface area contributed by atoms with Crippen molar-refractivity contribution >= 4 is 19.3 Å². The SMILES string of the molecule is C=Cc1ccccc1C=C(CNC)B1OC(C)(C)C(C)(C)O1. The quantitative estimate of drug-likeness (QED) is 0.843. The van der Waals surface area contributed by atoms with E-state index < -0.39 is 0 Å². The maximum absolute atomic E-state index is 6.17. The van der Waals surface area contributed by atoms with Gasteiger partial charge in [0.25, 0.3) is 0 Å². The Balaban J connectivity index is 2.35. The average Bonchev–Trinajstić information content (AvgIpc) is 2.67. The summed E-state index contributed by atoms with van der Waals surface area (Å²) in [6.45, 7) is 12.9. The van der Waals surface area contributed by atoms with E-state index in [9.17, 15) is 0 Å². The Morgan fingerprint density at radius 1 is 1.14 bits per heavy atom. The first-order valence-corrected chi connectivity index (χ1v) is 7.73. The lowest BCUT2D eigenvalue weighted by Gasteiger charge is -2.32. The molecule has 0 amide bonds. The van der Waals surface area contributed by atoms with Gasteiger partial charge in [-0.05, 0) is 51.3 Å². The van der Waals surface area contributed by atoms with Gasteiger partial charge in [-0.25, -0.2) is 0 Å². The van der Waals surface area contributed by atoms with Crippen LogP contribution in [0.2, 0.25) is 0 Å². The maximum Gasteiger partial charge on any atom is 0.491 e. The monoisotopic (exact) mass is 299 g/mol. The third kappa shape index (κ3) is 3.35. The fourth-order valence-corrected chi connectivity index (χ4v) is 2.43. The molecule has 118 valence electrons. The highest BCUT2D eigenvalue weighted by molar-refractivity contribution is 6.56. The van der Waals surface area contributed by atoms with Gasteiger partial charge in [-0.15, -0.1) is 0 Å². The lowest BCUT2D eigenvalue weighted by Crippen LogP contribution is -2.41. The largest absolute Gasteiger partial charge is 0.491 e. The topological polar surface area (TPSA) is 30.5 Å². The van der Waals surface area contributed by atoms with Crippen molar-refractivity contribution in [2.45, 2.75) is 38.9 Å². The molecule has 0 aromatic heterocycles. The second-order valence-electron chi connectivity index (χ2n) is 6.67. The van der Waals surface area contributed by atoms with Crippen molar-refractivity contribution in [3.8, 4) is 0 Å². The van der Waals surface area contributed by atoms with Crippen molar-refractivity contribution in [2.75, 3.05) is 13.6 Å². The van der Waals surface area contributed by atoms with Crippen LogP contribution >= 0.6 is 0 Å². The highest BCUT2D eigenvalue weighted by Gasteiger charge is 2.52. The van der Waals surface area contributed by atoms with Crippen LogP contribution in [0.1, 0.15) is 38.8 Å². The van der Waals surface area contributed by atoms with Gasteiger partial charge in [-0.2, -0.15) is 0 Å². The summed E-state index contributed by atoms with van der Waals surface area (Å²) in [6, 6.07) is 8.18. The molecule has 0 saturated carbocycles. The lowest BCUT2D eigenvalue weighted by molar-refractivity contribution is 0.00578. The number of hydrogen-bond acceptors (Lipinski definition) is 3. The minimum absolute atomic E-state index is 0.331. The van der Waals surface area contributed by atoms with Gasteiger partial charge in [0, 0.05) is 6.54 Å². The van der Waals surface area contributed by atoms with E-state index in [1.54, 1.807) is 0 Å². The molecule has 1 fully saturated rings. The van der Waals surface area contributed by atoms with Gasteiger partial charge in [0.2, 0.25) is 0 Å². The van der Waals surface area contributed by atoms with E-state index in [-0.39, 0.29) is 18.3 Å². The van der Waals surface area contributed by atoms with Crippen molar-refractivity contribution in [3.63, 3.8) is 0 Å². The molecule has 4 heteroatoms. The standard InChI is InChI=1S/C18H26BNO2/c1-7-14-10-8-9-11-15(14)12-16(13-20-6)19-21-17(2,3)18(4,5)22-19/h7-12,20H,1,13H2,2-6H3. The van der Waals surface area contributed by atoms with Gasteiger partial charge in [0.05, 0.1) is 11.2 Å². The summed E-state index contributed by atoms with van der Waals surface area (Å²) in [5, 5.41) is 3.20. The van der Waals surface area contributed by atoms with Crippen LogP contribution in [-0.2, 0) is 9.31 Å². The molecule has 0 unspecified atom stereocenters. The molecule has 0 bridgehead atoms. The predicted molar refractivity (Wildman–Crippen MR) is 94.5 cm³/mol. The minimum atomic E-state index is -0.338. The van der Waals surface area contributed by atoms with Crippen LogP contribution in [0, 0.1) is 0 Å². The summed E-state index contributed by atoms with van der Waals surface area (Å²) >= 11 is 0. The van der Waals surface area contributed by atoms with Gasteiger partial charge >= 0.3 is 7.12 Å². The highest BCUT2D eigenvalue weighted by Crippen LogP contribution is 2.38. The number of likely N-dealkylation sites (N-methyl/N-ethyl adjacent to an activating group) is 1. The molecule has 0 spiro atoms. The Labute approximate surface area is 134 Å². The molecule has 1 aromatic carbocycles. The predicted octanol–water partition coefficient (Wildman–Crippen LogP) is 3.56. The van der Waals surface area contributed by atoms with Crippen molar-refractivity contribution in [1.82, 2.24) is 5.32 Å². The van der Waals surface area contributed by atoms with E-state index in [2.05, 4.69) is 57.8 Å². The smallest absolute Gasteiger partial charge is 0.400 e. The molecule has 1 aliphatic rings. The first-order valence-electron chi connectivity index (χ1n) is 7.73. The van der Waals surface area contributed by atoms with Gasteiger partial charge in [0.1, 0.15) is 0 Å². The van der Waals surface area contributed by atoms with Gasteiger partial charge in [-0.3, -0.25) is 0 Å². The summed E-state index contributed by atoms with van der Waals surface area (Å²) in [5.41, 5.74) is 2.64. The van der Waals surface area contributed by atoms with Crippen molar-refractivity contribution in [3.05, 3.63) is 47.4 Å². The molecule has 0 aliphatic carbocycles. The molecule has 1 heterocycles. The molecule has 1 aromatic rings. The lowest BCUT2D eigenvalue weighted by atomic mass is 9.76. The Morgan fingerprint density at radius 3 is 2.18 bits per heavy atom. The first kappa shape index (κ1) is 17.0. The summed E-state index contributed by atoms with van der Waals surface area (Å²) in [7, 11) is 1.59. The van der Waals surface area contributed by atoms with Gasteiger partial charge < -0.3 is 14.6 Å². The van der Waals surface area contributed by atoms with E-state index in [4.69, 9.17) is 9.31 Å². The Kier molecular flexibility index (Phi) is 4.95. The zero-order valence-electron chi connectivity index (χ0n) is 14.3. The summed E-state index contributed by atoms with van der Waals surface area (Å²) in [4.78, 5) is 0. The van der Waals surface area contributed by atoms with E-state index in [1.165, 1.54) is 0 Å². The minimum Gasteiger partial charge on any atom is -0.400 e. The summed E-state index contributed by atoms with van der Waals surface area (Å²) in [6.07, 6.45) is 4.00. The molecule has 0 atom stereocenters. The van der Waals surface area contributed by atoms with Crippen LogP contribution in [0.4, 0.5) is 0 Å². The molecule has 3 nitrogen and oxygen atoms in total. The third-order valence-corrected chi connectivity index (χ3v) is 4.49. The van der Waals surface area contributed by atoms with Crippen LogP contribution in [0.15, 0.2) is 36.3 Å². The van der Waals surface area contributed by atoms with Crippen molar-refractivity contribution in [2.24, 2.45) is 0 Å². The molecular formula is C18H26BNO2. The second-order valence-corrected chi connectivity index (χ2v) is 6.67. The normalized spacial score (nSPS) is 20.2. The first-order chi connectivity index (χ1) is 10.3. The fraction of sp³-hybridized carbons (Fsp3) is 0.444. The van der Waals surface area contributed by atoms with Crippen LogP contribution < -0.4 is 5.32 Å². The number of benzene rings is 1.